The number of fused-ring (bicyclic) bond motifs is 9. The zero-order chi connectivity index (χ0) is 40.0. The largest absolute Gasteiger partial charge is 0.449 e. The fraction of sp³-hybridized carbons (Fsp3) is 0.0556. The van der Waals surface area contributed by atoms with Gasteiger partial charge in [-0.25, -0.2) is 15.0 Å². The van der Waals surface area contributed by atoms with E-state index in [2.05, 4.69) is 140 Å². The lowest BCUT2D eigenvalue weighted by molar-refractivity contribution is 0.361. The van der Waals surface area contributed by atoms with Crippen LogP contribution in [0, 0.1) is 0 Å². The van der Waals surface area contributed by atoms with E-state index in [0.29, 0.717) is 34.7 Å². The van der Waals surface area contributed by atoms with Crippen LogP contribution in [0.3, 0.4) is 0 Å². The summed E-state index contributed by atoms with van der Waals surface area (Å²) in [6.45, 7) is 4.54. The van der Waals surface area contributed by atoms with Crippen molar-refractivity contribution in [1.82, 2.24) is 19.5 Å². The molecule has 0 N–H and O–H groups in total. The first-order valence-electron chi connectivity index (χ1n) is 20.3. The van der Waals surface area contributed by atoms with Crippen molar-refractivity contribution in [2.45, 2.75) is 19.3 Å². The Labute approximate surface area is 347 Å². The van der Waals surface area contributed by atoms with E-state index >= 15 is 0 Å². The maximum atomic E-state index is 6.86. The molecule has 3 heterocycles. The molecule has 60 heavy (non-hydrogen) atoms. The molecule has 0 saturated heterocycles. The van der Waals surface area contributed by atoms with E-state index < -0.39 is 0 Å². The van der Waals surface area contributed by atoms with Crippen molar-refractivity contribution < 1.29 is 9.47 Å². The van der Waals surface area contributed by atoms with Crippen LogP contribution in [0.15, 0.2) is 182 Å². The summed E-state index contributed by atoms with van der Waals surface area (Å²) in [5.41, 5.74) is 12.5. The third kappa shape index (κ3) is 5.17. The Morgan fingerprint density at radius 1 is 0.400 bits per heavy atom. The van der Waals surface area contributed by atoms with Crippen LogP contribution in [0.5, 0.6) is 23.0 Å². The molecule has 0 fully saturated rings. The van der Waals surface area contributed by atoms with Crippen LogP contribution in [0.4, 0.5) is 0 Å². The van der Waals surface area contributed by atoms with E-state index in [9.17, 15) is 0 Å². The highest BCUT2D eigenvalue weighted by Gasteiger charge is 2.40. The fourth-order valence-corrected chi connectivity index (χ4v) is 9.27. The molecule has 6 heteroatoms. The Morgan fingerprint density at radius 2 is 0.950 bits per heavy atom. The van der Waals surface area contributed by atoms with Gasteiger partial charge in [0.1, 0.15) is 0 Å². The Bertz CT molecular complexity index is 3300. The van der Waals surface area contributed by atoms with Crippen LogP contribution >= 0.6 is 0 Å². The van der Waals surface area contributed by atoms with Crippen LogP contribution in [-0.4, -0.2) is 19.5 Å². The predicted octanol–water partition coefficient (Wildman–Crippen LogP) is 13.8. The third-order valence-corrected chi connectivity index (χ3v) is 12.2. The summed E-state index contributed by atoms with van der Waals surface area (Å²) in [5, 5.41) is 2.45. The molecule has 1 aliphatic heterocycles. The molecule has 8 aromatic carbocycles. The topological polar surface area (TPSA) is 62.1 Å². The Hall–Kier alpha value is -7.83. The first kappa shape index (κ1) is 34.2. The molecule has 0 radical (unpaired) electrons. The summed E-state index contributed by atoms with van der Waals surface area (Å²) in [7, 11) is 0. The number of hydrogen-bond donors (Lipinski definition) is 0. The Balaban J connectivity index is 0.968. The highest BCUT2D eigenvalue weighted by molar-refractivity contribution is 6.09. The molecule has 284 valence electrons. The molecule has 0 amide bonds. The van der Waals surface area contributed by atoms with Gasteiger partial charge in [-0.3, -0.25) is 0 Å². The van der Waals surface area contributed by atoms with Crippen molar-refractivity contribution in [1.29, 1.82) is 0 Å². The van der Waals surface area contributed by atoms with Gasteiger partial charge in [0.15, 0.2) is 40.5 Å². The average Bonchev–Trinajstić information content (AvgIpc) is 3.77. The minimum Gasteiger partial charge on any atom is -0.449 e. The summed E-state index contributed by atoms with van der Waals surface area (Å²) in [5.74, 6) is 4.50. The van der Waals surface area contributed by atoms with E-state index in [1.165, 1.54) is 27.5 Å². The van der Waals surface area contributed by atoms with Gasteiger partial charge in [-0.1, -0.05) is 147 Å². The van der Waals surface area contributed by atoms with E-state index in [1.807, 2.05) is 60.7 Å². The zero-order valence-electron chi connectivity index (χ0n) is 32.9. The second-order valence-corrected chi connectivity index (χ2v) is 16.0. The first-order valence-corrected chi connectivity index (χ1v) is 20.3. The second-order valence-electron chi connectivity index (χ2n) is 16.0. The maximum absolute atomic E-state index is 6.86. The smallest absolute Gasteiger partial charge is 0.178 e. The van der Waals surface area contributed by atoms with E-state index in [-0.39, 0.29) is 5.41 Å². The lowest BCUT2D eigenvalue weighted by Crippen LogP contribution is -2.15. The minimum atomic E-state index is -0.151. The lowest BCUT2D eigenvalue weighted by Gasteiger charge is -2.26. The normalized spacial score (nSPS) is 13.2. The second kappa shape index (κ2) is 13.1. The summed E-state index contributed by atoms with van der Waals surface area (Å²) in [6, 6.07) is 62.8. The average molecular weight is 773 g/mol. The van der Waals surface area contributed by atoms with Gasteiger partial charge in [-0.15, -0.1) is 0 Å². The van der Waals surface area contributed by atoms with Crippen LogP contribution < -0.4 is 9.47 Å². The SMILES string of the molecule is CC1(C)c2ccccc2-c2c1ccc1c2Oc2cccc(-c3ccccc3-c3nc(-c4ccccc4)nc(-c4ccc(-n5c6ccccc6c6ccccc65)cc4)n3)c2O1. The highest BCUT2D eigenvalue weighted by Crippen LogP contribution is 2.59. The number of benzene rings is 8. The molecule has 2 aromatic heterocycles. The molecule has 0 bridgehead atoms. The molecule has 2 aliphatic rings. The lowest BCUT2D eigenvalue weighted by atomic mass is 9.82. The number of hydrogen-bond acceptors (Lipinski definition) is 5. The zero-order valence-corrected chi connectivity index (χ0v) is 32.9. The van der Waals surface area contributed by atoms with Crippen molar-refractivity contribution >= 4 is 21.8 Å². The van der Waals surface area contributed by atoms with Crippen LogP contribution in [0.2, 0.25) is 0 Å². The highest BCUT2D eigenvalue weighted by atomic mass is 16.6. The Morgan fingerprint density at radius 3 is 1.68 bits per heavy atom. The first-order chi connectivity index (χ1) is 29.5. The van der Waals surface area contributed by atoms with Crippen LogP contribution in [0.1, 0.15) is 25.0 Å². The van der Waals surface area contributed by atoms with Crippen molar-refractivity contribution in [3.05, 3.63) is 193 Å². The molecule has 12 rings (SSSR count). The number of rotatable bonds is 5. The third-order valence-electron chi connectivity index (χ3n) is 12.2. The minimum absolute atomic E-state index is 0.151. The van der Waals surface area contributed by atoms with Gasteiger partial charge >= 0.3 is 0 Å². The molecular formula is C54H36N4O2. The summed E-state index contributed by atoms with van der Waals surface area (Å²) in [6.07, 6.45) is 0. The standard InChI is InChI=1S/C54H36N4O2/c1-54(2)42-23-11-8-21-41(42)48-43(54)31-32-47-50(48)60-46-26-14-22-39(49(46)59-47)36-17-6-7-20-40(36)53-56-51(33-15-4-3-5-16-33)55-52(57-53)34-27-29-35(30-28-34)58-44-24-12-9-18-37(44)38-19-10-13-25-45(38)58/h3-32H,1-2H3. The van der Waals surface area contributed by atoms with Crippen molar-refractivity contribution in [3.8, 4) is 85.1 Å². The van der Waals surface area contributed by atoms with E-state index in [1.54, 1.807) is 0 Å². The summed E-state index contributed by atoms with van der Waals surface area (Å²) >= 11 is 0. The van der Waals surface area contributed by atoms with Crippen molar-refractivity contribution in [3.63, 3.8) is 0 Å². The van der Waals surface area contributed by atoms with E-state index in [4.69, 9.17) is 24.4 Å². The quantitative estimate of drug-likeness (QED) is 0.174. The van der Waals surface area contributed by atoms with Gasteiger partial charge < -0.3 is 14.0 Å². The van der Waals surface area contributed by atoms with E-state index in [0.717, 1.165) is 55.9 Å². The van der Waals surface area contributed by atoms with Gasteiger partial charge in [-0.05, 0) is 70.8 Å². The van der Waals surface area contributed by atoms with Crippen molar-refractivity contribution in [2.24, 2.45) is 0 Å². The van der Waals surface area contributed by atoms with Crippen LogP contribution in [-0.2, 0) is 5.41 Å². The maximum Gasteiger partial charge on any atom is 0.178 e. The van der Waals surface area contributed by atoms with Gasteiger partial charge in [-0.2, -0.15) is 0 Å². The molecule has 0 atom stereocenters. The molecular weight excluding hydrogens is 737 g/mol. The molecule has 0 spiro atoms. The number of para-hydroxylation sites is 3. The Kier molecular flexibility index (Phi) is 7.47. The predicted molar refractivity (Wildman–Crippen MR) is 240 cm³/mol. The number of nitrogens with zero attached hydrogens (tertiary/aromatic N) is 4. The molecule has 10 aromatic rings. The van der Waals surface area contributed by atoms with Crippen LogP contribution in [0.25, 0.3) is 83.9 Å². The molecule has 0 unspecified atom stereocenters. The van der Waals surface area contributed by atoms with Gasteiger partial charge in [0.25, 0.3) is 0 Å². The summed E-state index contributed by atoms with van der Waals surface area (Å²) < 4.78 is 16.0. The number of ether oxygens (including phenoxy) is 2. The molecule has 6 nitrogen and oxygen atoms in total. The summed E-state index contributed by atoms with van der Waals surface area (Å²) in [4.78, 5) is 15.4. The molecule has 1 aliphatic carbocycles. The monoisotopic (exact) mass is 772 g/mol. The molecule has 0 saturated carbocycles. The van der Waals surface area contributed by atoms with Gasteiger partial charge in [0.2, 0.25) is 0 Å². The van der Waals surface area contributed by atoms with Gasteiger partial charge in [0.05, 0.1) is 11.0 Å². The number of aromatic nitrogens is 4. The fourth-order valence-electron chi connectivity index (χ4n) is 9.27. The van der Waals surface area contributed by atoms with Crippen molar-refractivity contribution in [2.75, 3.05) is 0 Å². The van der Waals surface area contributed by atoms with Gasteiger partial charge in [0, 0.05) is 49.7 Å².